The van der Waals surface area contributed by atoms with Gasteiger partial charge in [-0.2, -0.15) is 4.98 Å². The number of hydrogen-bond donors (Lipinski definition) is 1. The van der Waals surface area contributed by atoms with Gasteiger partial charge in [-0.15, -0.1) is 16.4 Å². The SMILES string of the molecule is CCc1nc(Cn2nnc(C(=O)O)c2-c2cccs2)no1. The molecule has 3 rings (SSSR count). The van der Waals surface area contributed by atoms with Crippen molar-refractivity contribution < 1.29 is 14.4 Å². The van der Waals surface area contributed by atoms with Crippen LogP contribution in [0, 0.1) is 0 Å². The van der Waals surface area contributed by atoms with E-state index in [1.165, 1.54) is 16.0 Å². The zero-order chi connectivity index (χ0) is 14.8. The zero-order valence-electron chi connectivity index (χ0n) is 11.1. The summed E-state index contributed by atoms with van der Waals surface area (Å²) >= 11 is 1.42. The van der Waals surface area contributed by atoms with Crippen molar-refractivity contribution in [1.82, 2.24) is 25.1 Å². The number of carboxylic acids is 1. The monoisotopic (exact) mass is 305 g/mol. The predicted molar refractivity (Wildman–Crippen MR) is 73.1 cm³/mol. The fourth-order valence-electron chi connectivity index (χ4n) is 1.86. The Bertz CT molecular complexity index is 762. The summed E-state index contributed by atoms with van der Waals surface area (Å²) in [5.74, 6) is -0.153. The van der Waals surface area contributed by atoms with Crippen molar-refractivity contribution in [3.63, 3.8) is 0 Å². The lowest BCUT2D eigenvalue weighted by atomic mass is 10.2. The van der Waals surface area contributed by atoms with Crippen LogP contribution >= 0.6 is 11.3 Å². The number of aryl methyl sites for hydroxylation is 1. The Hall–Kier alpha value is -2.55. The minimum Gasteiger partial charge on any atom is -0.476 e. The largest absolute Gasteiger partial charge is 0.476 e. The van der Waals surface area contributed by atoms with Gasteiger partial charge in [-0.05, 0) is 11.4 Å². The second kappa shape index (κ2) is 5.44. The summed E-state index contributed by atoms with van der Waals surface area (Å²) in [6.45, 7) is 2.11. The number of aromatic nitrogens is 5. The van der Waals surface area contributed by atoms with E-state index in [0.717, 1.165) is 4.88 Å². The Balaban J connectivity index is 2.00. The van der Waals surface area contributed by atoms with Crippen LogP contribution in [0.25, 0.3) is 10.6 Å². The van der Waals surface area contributed by atoms with Gasteiger partial charge in [0.2, 0.25) is 5.89 Å². The van der Waals surface area contributed by atoms with Gasteiger partial charge in [0.1, 0.15) is 12.2 Å². The highest BCUT2D eigenvalue weighted by molar-refractivity contribution is 7.13. The van der Waals surface area contributed by atoms with Gasteiger partial charge in [-0.3, -0.25) is 0 Å². The molecule has 3 heterocycles. The molecule has 0 unspecified atom stereocenters. The first-order chi connectivity index (χ1) is 10.2. The summed E-state index contributed by atoms with van der Waals surface area (Å²) in [6, 6.07) is 3.66. The van der Waals surface area contributed by atoms with Gasteiger partial charge in [0.05, 0.1) is 4.88 Å². The molecule has 0 aliphatic carbocycles. The number of carboxylic acid groups (broad SMARTS) is 1. The molecule has 8 nitrogen and oxygen atoms in total. The zero-order valence-corrected chi connectivity index (χ0v) is 11.9. The first-order valence-electron chi connectivity index (χ1n) is 6.21. The van der Waals surface area contributed by atoms with Gasteiger partial charge < -0.3 is 9.63 Å². The third kappa shape index (κ3) is 2.55. The van der Waals surface area contributed by atoms with E-state index in [4.69, 9.17) is 4.52 Å². The van der Waals surface area contributed by atoms with Gasteiger partial charge in [-0.1, -0.05) is 23.4 Å². The fraction of sp³-hybridized carbons (Fsp3) is 0.250. The molecule has 0 aromatic carbocycles. The molecular weight excluding hydrogens is 294 g/mol. The number of aromatic carboxylic acids is 1. The van der Waals surface area contributed by atoms with E-state index < -0.39 is 5.97 Å². The highest BCUT2D eigenvalue weighted by atomic mass is 32.1. The van der Waals surface area contributed by atoms with E-state index in [0.29, 0.717) is 23.8 Å². The molecule has 0 aliphatic rings. The molecular formula is C12H11N5O3S. The smallest absolute Gasteiger partial charge is 0.358 e. The van der Waals surface area contributed by atoms with E-state index in [2.05, 4.69) is 20.5 Å². The highest BCUT2D eigenvalue weighted by Gasteiger charge is 2.22. The van der Waals surface area contributed by atoms with Gasteiger partial charge in [0.15, 0.2) is 11.5 Å². The van der Waals surface area contributed by atoms with Crippen LogP contribution in [0.4, 0.5) is 0 Å². The summed E-state index contributed by atoms with van der Waals surface area (Å²) in [4.78, 5) is 16.2. The Morgan fingerprint density at radius 1 is 1.52 bits per heavy atom. The fourth-order valence-corrected chi connectivity index (χ4v) is 2.63. The van der Waals surface area contributed by atoms with Crippen molar-refractivity contribution in [1.29, 1.82) is 0 Å². The number of thiophene rings is 1. The molecule has 21 heavy (non-hydrogen) atoms. The van der Waals surface area contributed by atoms with Crippen molar-refractivity contribution in [2.24, 2.45) is 0 Å². The second-order valence-electron chi connectivity index (χ2n) is 4.18. The number of carbonyl (C=O) groups is 1. The number of hydrogen-bond acceptors (Lipinski definition) is 7. The average molecular weight is 305 g/mol. The maximum atomic E-state index is 11.3. The summed E-state index contributed by atoms with van der Waals surface area (Å²) < 4.78 is 6.51. The van der Waals surface area contributed by atoms with Gasteiger partial charge in [-0.25, -0.2) is 9.48 Å². The first kappa shape index (κ1) is 13.4. The molecule has 0 spiro atoms. The molecule has 0 saturated heterocycles. The molecule has 0 radical (unpaired) electrons. The summed E-state index contributed by atoms with van der Waals surface area (Å²) in [5, 5.41) is 22.6. The van der Waals surface area contributed by atoms with E-state index in [9.17, 15) is 9.90 Å². The molecule has 108 valence electrons. The lowest BCUT2D eigenvalue weighted by Gasteiger charge is -2.02. The second-order valence-corrected chi connectivity index (χ2v) is 5.13. The maximum absolute atomic E-state index is 11.3. The minimum atomic E-state index is -1.12. The first-order valence-corrected chi connectivity index (χ1v) is 7.09. The third-order valence-corrected chi connectivity index (χ3v) is 3.67. The van der Waals surface area contributed by atoms with Gasteiger partial charge in [0.25, 0.3) is 0 Å². The summed E-state index contributed by atoms with van der Waals surface area (Å²) in [6.07, 6.45) is 0.641. The lowest BCUT2D eigenvalue weighted by Crippen LogP contribution is -2.06. The van der Waals surface area contributed by atoms with Crippen LogP contribution in [-0.2, 0) is 13.0 Å². The standard InChI is InChI=1S/C12H11N5O3S/c1-2-9-13-8(15-20-9)6-17-11(7-4-3-5-21-7)10(12(18)19)14-16-17/h3-5H,2,6H2,1H3,(H,18,19). The molecule has 0 amide bonds. The Morgan fingerprint density at radius 2 is 2.38 bits per heavy atom. The maximum Gasteiger partial charge on any atom is 0.358 e. The van der Waals surface area contributed by atoms with Crippen LogP contribution in [0.1, 0.15) is 29.1 Å². The van der Waals surface area contributed by atoms with Crippen LogP contribution in [0.2, 0.25) is 0 Å². The minimum absolute atomic E-state index is 0.0864. The highest BCUT2D eigenvalue weighted by Crippen LogP contribution is 2.27. The number of rotatable bonds is 5. The van der Waals surface area contributed by atoms with Crippen molar-refractivity contribution in [3.8, 4) is 10.6 Å². The molecule has 0 fully saturated rings. The van der Waals surface area contributed by atoms with Crippen LogP contribution in [-0.4, -0.2) is 36.2 Å². The van der Waals surface area contributed by atoms with Gasteiger partial charge in [0, 0.05) is 6.42 Å². The Labute approximate surface area is 123 Å². The lowest BCUT2D eigenvalue weighted by molar-refractivity contribution is 0.0691. The van der Waals surface area contributed by atoms with Crippen LogP contribution in [0.15, 0.2) is 22.0 Å². The van der Waals surface area contributed by atoms with Crippen LogP contribution in [0.5, 0.6) is 0 Å². The van der Waals surface area contributed by atoms with Gasteiger partial charge >= 0.3 is 5.97 Å². The van der Waals surface area contributed by atoms with Crippen LogP contribution in [0.3, 0.4) is 0 Å². The average Bonchev–Trinajstić information content (AvgIpc) is 3.18. The van der Waals surface area contributed by atoms with Crippen molar-refractivity contribution >= 4 is 17.3 Å². The summed E-state index contributed by atoms with van der Waals surface area (Å²) in [7, 11) is 0. The molecule has 0 aliphatic heterocycles. The summed E-state index contributed by atoms with van der Waals surface area (Å²) in [5.41, 5.74) is 0.358. The Morgan fingerprint density at radius 3 is 3.00 bits per heavy atom. The molecule has 0 saturated carbocycles. The quantitative estimate of drug-likeness (QED) is 0.764. The molecule has 1 N–H and O–H groups in total. The van der Waals surface area contributed by atoms with Crippen molar-refractivity contribution in [2.75, 3.05) is 0 Å². The van der Waals surface area contributed by atoms with E-state index in [1.54, 1.807) is 0 Å². The van der Waals surface area contributed by atoms with Crippen LogP contribution < -0.4 is 0 Å². The van der Waals surface area contributed by atoms with E-state index in [-0.39, 0.29) is 12.2 Å². The normalized spacial score (nSPS) is 10.9. The Kier molecular flexibility index (Phi) is 3.48. The number of nitrogens with zero attached hydrogens (tertiary/aromatic N) is 5. The third-order valence-electron chi connectivity index (χ3n) is 2.80. The van der Waals surface area contributed by atoms with E-state index in [1.807, 2.05) is 24.4 Å². The van der Waals surface area contributed by atoms with Crippen molar-refractivity contribution in [2.45, 2.75) is 19.9 Å². The van der Waals surface area contributed by atoms with E-state index >= 15 is 0 Å². The molecule has 0 bridgehead atoms. The molecule has 0 atom stereocenters. The topological polar surface area (TPSA) is 107 Å². The molecule has 3 aromatic heterocycles. The predicted octanol–water partition coefficient (Wildman–Crippen LogP) is 1.70. The molecule has 9 heteroatoms. The van der Waals surface area contributed by atoms with Crippen molar-refractivity contribution in [3.05, 3.63) is 34.9 Å². The molecule has 3 aromatic rings.